The van der Waals surface area contributed by atoms with Gasteiger partial charge in [-0.15, -0.1) is 0 Å². The van der Waals surface area contributed by atoms with Crippen molar-refractivity contribution in [2.24, 2.45) is 0 Å². The molecule has 0 saturated heterocycles. The van der Waals surface area contributed by atoms with E-state index in [0.29, 0.717) is 22.8 Å². The Labute approximate surface area is 141 Å². The van der Waals surface area contributed by atoms with Gasteiger partial charge < -0.3 is 18.9 Å². The van der Waals surface area contributed by atoms with Gasteiger partial charge in [-0.05, 0) is 23.8 Å². The summed E-state index contributed by atoms with van der Waals surface area (Å²) in [6.07, 6.45) is 3.19. The third kappa shape index (κ3) is 3.87. The smallest absolute Gasteiger partial charge is 0.193 e. The van der Waals surface area contributed by atoms with E-state index in [9.17, 15) is 4.79 Å². The van der Waals surface area contributed by atoms with Gasteiger partial charge in [0.05, 0.1) is 28.4 Å². The molecule has 24 heavy (non-hydrogen) atoms. The molecule has 0 aromatic heterocycles. The molecular weight excluding hydrogens is 308 g/mol. The maximum Gasteiger partial charge on any atom is 0.193 e. The van der Waals surface area contributed by atoms with Crippen LogP contribution < -0.4 is 18.9 Å². The first kappa shape index (κ1) is 17.4. The van der Waals surface area contributed by atoms with E-state index in [1.165, 1.54) is 20.3 Å². The van der Waals surface area contributed by atoms with Crippen molar-refractivity contribution >= 4 is 11.9 Å². The van der Waals surface area contributed by atoms with Crippen LogP contribution >= 0.6 is 0 Å². The lowest BCUT2D eigenvalue weighted by molar-refractivity contribution is 0.104. The van der Waals surface area contributed by atoms with Gasteiger partial charge in [-0.3, -0.25) is 4.79 Å². The standard InChI is InChI=1S/C19H20O5/c1-21-14-7-5-6-13(10-14)8-9-16(20)19-17(23-3)11-15(22-2)12-18(19)24-4/h5-12H,1-4H3/b9-8+. The Morgan fingerprint density at radius 1 is 0.833 bits per heavy atom. The average molecular weight is 328 g/mol. The summed E-state index contributed by atoms with van der Waals surface area (Å²) in [5.74, 6) is 1.84. The van der Waals surface area contributed by atoms with Crippen LogP contribution in [0.2, 0.25) is 0 Å². The van der Waals surface area contributed by atoms with Crippen LogP contribution in [0.25, 0.3) is 6.08 Å². The minimum atomic E-state index is -0.228. The van der Waals surface area contributed by atoms with Crippen molar-refractivity contribution in [1.29, 1.82) is 0 Å². The molecule has 0 spiro atoms. The minimum absolute atomic E-state index is 0.228. The molecule has 2 aromatic rings. The molecule has 0 N–H and O–H groups in total. The summed E-state index contributed by atoms with van der Waals surface area (Å²) in [4.78, 5) is 12.6. The fraction of sp³-hybridized carbons (Fsp3) is 0.211. The largest absolute Gasteiger partial charge is 0.497 e. The van der Waals surface area contributed by atoms with Gasteiger partial charge in [0.15, 0.2) is 5.78 Å². The lowest BCUT2D eigenvalue weighted by Crippen LogP contribution is -2.03. The Morgan fingerprint density at radius 3 is 2.00 bits per heavy atom. The summed E-state index contributed by atoms with van der Waals surface area (Å²) in [6, 6.07) is 10.7. The summed E-state index contributed by atoms with van der Waals surface area (Å²) in [5.41, 5.74) is 1.20. The normalized spacial score (nSPS) is 10.5. The molecule has 2 rings (SSSR count). The number of benzene rings is 2. The Hall–Kier alpha value is -2.95. The van der Waals surface area contributed by atoms with Gasteiger partial charge in [0.2, 0.25) is 0 Å². The van der Waals surface area contributed by atoms with Crippen LogP contribution in [-0.4, -0.2) is 34.2 Å². The van der Waals surface area contributed by atoms with E-state index in [1.54, 1.807) is 32.4 Å². The van der Waals surface area contributed by atoms with Crippen LogP contribution in [-0.2, 0) is 0 Å². The van der Waals surface area contributed by atoms with E-state index >= 15 is 0 Å². The molecule has 0 saturated carbocycles. The lowest BCUT2D eigenvalue weighted by Gasteiger charge is -2.13. The number of hydrogen-bond acceptors (Lipinski definition) is 5. The van der Waals surface area contributed by atoms with Crippen LogP contribution in [0.1, 0.15) is 15.9 Å². The third-order valence-electron chi connectivity index (χ3n) is 3.48. The van der Waals surface area contributed by atoms with Crippen molar-refractivity contribution in [1.82, 2.24) is 0 Å². The summed E-state index contributed by atoms with van der Waals surface area (Å²) in [6.45, 7) is 0. The fourth-order valence-corrected chi connectivity index (χ4v) is 2.25. The van der Waals surface area contributed by atoms with Gasteiger partial charge in [0.1, 0.15) is 28.6 Å². The van der Waals surface area contributed by atoms with E-state index in [2.05, 4.69) is 0 Å². The SMILES string of the molecule is COc1cccc(/C=C/C(=O)c2c(OC)cc(OC)cc2OC)c1. The molecule has 0 unspecified atom stereocenters. The van der Waals surface area contributed by atoms with E-state index in [4.69, 9.17) is 18.9 Å². The zero-order chi connectivity index (χ0) is 17.5. The van der Waals surface area contributed by atoms with E-state index in [-0.39, 0.29) is 5.78 Å². The Morgan fingerprint density at radius 2 is 1.46 bits per heavy atom. The van der Waals surface area contributed by atoms with E-state index < -0.39 is 0 Å². The van der Waals surface area contributed by atoms with Crippen molar-refractivity contribution < 1.29 is 23.7 Å². The molecule has 2 aromatic carbocycles. The molecular formula is C19H20O5. The van der Waals surface area contributed by atoms with E-state index in [1.807, 2.05) is 24.3 Å². The maximum absolute atomic E-state index is 12.6. The molecule has 0 fully saturated rings. The molecule has 5 nitrogen and oxygen atoms in total. The third-order valence-corrected chi connectivity index (χ3v) is 3.48. The van der Waals surface area contributed by atoms with Crippen LogP contribution in [0, 0.1) is 0 Å². The molecule has 0 aliphatic rings. The first-order valence-electron chi connectivity index (χ1n) is 7.29. The van der Waals surface area contributed by atoms with Crippen molar-refractivity contribution in [2.75, 3.05) is 28.4 Å². The highest BCUT2D eigenvalue weighted by Crippen LogP contribution is 2.34. The van der Waals surface area contributed by atoms with Crippen molar-refractivity contribution in [3.63, 3.8) is 0 Å². The predicted molar refractivity (Wildman–Crippen MR) is 92.5 cm³/mol. The monoisotopic (exact) mass is 328 g/mol. The van der Waals surface area contributed by atoms with Gasteiger partial charge >= 0.3 is 0 Å². The Bertz CT molecular complexity index is 724. The number of carbonyl (C=O) groups excluding carboxylic acids is 1. The number of allylic oxidation sites excluding steroid dienone is 1. The molecule has 0 amide bonds. The van der Waals surface area contributed by atoms with Gasteiger partial charge in [0.25, 0.3) is 0 Å². The van der Waals surface area contributed by atoms with Crippen molar-refractivity contribution in [3.05, 3.63) is 53.6 Å². The lowest BCUT2D eigenvalue weighted by atomic mass is 10.1. The summed E-state index contributed by atoms with van der Waals surface area (Å²) >= 11 is 0. The van der Waals surface area contributed by atoms with Gasteiger partial charge in [-0.2, -0.15) is 0 Å². The molecule has 0 bridgehead atoms. The second-order valence-electron chi connectivity index (χ2n) is 4.88. The Kier molecular flexibility index (Phi) is 5.84. The topological polar surface area (TPSA) is 54.0 Å². The predicted octanol–water partition coefficient (Wildman–Crippen LogP) is 3.62. The van der Waals surface area contributed by atoms with Crippen molar-refractivity contribution in [3.8, 4) is 23.0 Å². The number of hydrogen-bond donors (Lipinski definition) is 0. The maximum atomic E-state index is 12.6. The number of carbonyl (C=O) groups is 1. The molecule has 0 heterocycles. The first-order chi connectivity index (χ1) is 11.6. The van der Waals surface area contributed by atoms with E-state index in [0.717, 1.165) is 11.3 Å². The van der Waals surface area contributed by atoms with Crippen LogP contribution in [0.15, 0.2) is 42.5 Å². The van der Waals surface area contributed by atoms with Crippen molar-refractivity contribution in [2.45, 2.75) is 0 Å². The fourth-order valence-electron chi connectivity index (χ4n) is 2.25. The zero-order valence-corrected chi connectivity index (χ0v) is 14.2. The zero-order valence-electron chi connectivity index (χ0n) is 14.2. The highest BCUT2D eigenvalue weighted by Gasteiger charge is 2.18. The Balaban J connectivity index is 2.36. The number of ketones is 1. The highest BCUT2D eigenvalue weighted by atomic mass is 16.5. The first-order valence-corrected chi connectivity index (χ1v) is 7.29. The molecule has 0 aliphatic carbocycles. The highest BCUT2D eigenvalue weighted by molar-refractivity contribution is 6.10. The van der Waals surface area contributed by atoms with Crippen LogP contribution in [0.4, 0.5) is 0 Å². The summed E-state index contributed by atoms with van der Waals surface area (Å²) in [5, 5.41) is 0. The quantitative estimate of drug-likeness (QED) is 0.574. The number of ether oxygens (including phenoxy) is 4. The van der Waals surface area contributed by atoms with Gasteiger partial charge in [0, 0.05) is 12.1 Å². The molecule has 5 heteroatoms. The number of methoxy groups -OCH3 is 4. The van der Waals surface area contributed by atoms with Crippen LogP contribution in [0.5, 0.6) is 23.0 Å². The summed E-state index contributed by atoms with van der Waals surface area (Å²) < 4.78 is 21.0. The molecule has 126 valence electrons. The van der Waals surface area contributed by atoms with Gasteiger partial charge in [-0.1, -0.05) is 18.2 Å². The minimum Gasteiger partial charge on any atom is -0.497 e. The average Bonchev–Trinajstić information content (AvgIpc) is 2.64. The molecule has 0 aliphatic heterocycles. The number of rotatable bonds is 7. The second-order valence-corrected chi connectivity index (χ2v) is 4.88. The van der Waals surface area contributed by atoms with Gasteiger partial charge in [-0.25, -0.2) is 0 Å². The second kappa shape index (κ2) is 8.06. The van der Waals surface area contributed by atoms with Crippen LogP contribution in [0.3, 0.4) is 0 Å². The molecule has 0 atom stereocenters. The summed E-state index contributed by atoms with van der Waals surface area (Å²) in [7, 11) is 6.13. The molecule has 0 radical (unpaired) electrons.